The fourth-order valence-electron chi connectivity index (χ4n) is 1.91. The van der Waals surface area contributed by atoms with Crippen molar-refractivity contribution in [2.75, 3.05) is 36.1 Å². The van der Waals surface area contributed by atoms with Crippen LogP contribution < -0.4 is 10.2 Å². The molecule has 0 aliphatic carbocycles. The van der Waals surface area contributed by atoms with Crippen LogP contribution >= 0.6 is 11.8 Å². The van der Waals surface area contributed by atoms with Gasteiger partial charge in [-0.05, 0) is 18.6 Å². The first-order valence-electron chi connectivity index (χ1n) is 5.85. The first-order valence-corrected chi connectivity index (χ1v) is 6.89. The van der Waals surface area contributed by atoms with Crippen LogP contribution in [0.1, 0.15) is 13.3 Å². The molecule has 0 radical (unpaired) electrons. The highest BCUT2D eigenvalue weighted by Gasteiger charge is 2.19. The number of aromatic nitrogens is 1. The highest BCUT2D eigenvalue weighted by molar-refractivity contribution is 8.00. The minimum absolute atomic E-state index is 0.758. The maximum Gasteiger partial charge on any atom is 0.131 e. The molecule has 4 heteroatoms. The topological polar surface area (TPSA) is 28.2 Å². The molecule has 1 N–H and O–H groups in total. The normalized spacial score (nSPS) is 20.9. The van der Waals surface area contributed by atoms with E-state index in [1.807, 2.05) is 13.1 Å². The molecule has 3 nitrogen and oxygen atoms in total. The van der Waals surface area contributed by atoms with Crippen molar-refractivity contribution < 1.29 is 0 Å². The number of hydrogen-bond acceptors (Lipinski definition) is 4. The van der Waals surface area contributed by atoms with Crippen molar-refractivity contribution in [3.05, 3.63) is 18.2 Å². The molecule has 1 aromatic rings. The van der Waals surface area contributed by atoms with E-state index in [0.29, 0.717) is 0 Å². The van der Waals surface area contributed by atoms with Gasteiger partial charge in [0.1, 0.15) is 11.6 Å². The first-order chi connectivity index (χ1) is 7.83. The summed E-state index contributed by atoms with van der Waals surface area (Å²) in [6.07, 6.45) is 1.24. The van der Waals surface area contributed by atoms with Crippen LogP contribution in [0.15, 0.2) is 18.2 Å². The van der Waals surface area contributed by atoms with Crippen LogP contribution in [-0.2, 0) is 0 Å². The number of thioether (sulfide) groups is 1. The summed E-state index contributed by atoms with van der Waals surface area (Å²) >= 11 is 2.09. The van der Waals surface area contributed by atoms with Crippen molar-refractivity contribution in [3.63, 3.8) is 0 Å². The third kappa shape index (κ3) is 2.61. The Kier molecular flexibility index (Phi) is 3.93. The van der Waals surface area contributed by atoms with E-state index >= 15 is 0 Å². The van der Waals surface area contributed by atoms with Crippen LogP contribution in [0.25, 0.3) is 0 Å². The van der Waals surface area contributed by atoms with E-state index in [9.17, 15) is 0 Å². The van der Waals surface area contributed by atoms with Crippen molar-refractivity contribution in [3.8, 4) is 0 Å². The summed E-state index contributed by atoms with van der Waals surface area (Å²) in [5, 5.41) is 3.85. The molecule has 1 aromatic heterocycles. The fraction of sp³-hybridized carbons (Fsp3) is 0.583. The van der Waals surface area contributed by atoms with Gasteiger partial charge >= 0.3 is 0 Å². The van der Waals surface area contributed by atoms with Crippen LogP contribution in [0, 0.1) is 0 Å². The average Bonchev–Trinajstić information content (AvgIpc) is 2.39. The minimum atomic E-state index is 0.758. The number of hydrogen-bond donors (Lipinski definition) is 1. The quantitative estimate of drug-likeness (QED) is 0.874. The number of rotatable bonds is 3. The molecule has 1 fully saturated rings. The summed E-state index contributed by atoms with van der Waals surface area (Å²) in [4.78, 5) is 6.98. The summed E-state index contributed by atoms with van der Waals surface area (Å²) in [6.45, 7) is 4.50. The predicted molar refractivity (Wildman–Crippen MR) is 72.5 cm³/mol. The highest BCUT2D eigenvalue weighted by atomic mass is 32.2. The van der Waals surface area contributed by atoms with Gasteiger partial charge in [0, 0.05) is 31.1 Å². The first kappa shape index (κ1) is 11.6. The van der Waals surface area contributed by atoms with Gasteiger partial charge in [0.05, 0.1) is 0 Å². The lowest BCUT2D eigenvalue weighted by Crippen LogP contribution is -2.38. The summed E-state index contributed by atoms with van der Waals surface area (Å²) in [5.41, 5.74) is 0. The van der Waals surface area contributed by atoms with Gasteiger partial charge in [-0.25, -0.2) is 4.98 Å². The molecule has 1 aliphatic rings. The molecule has 1 aliphatic heterocycles. The molecule has 0 amide bonds. The van der Waals surface area contributed by atoms with Crippen molar-refractivity contribution in [1.29, 1.82) is 0 Å². The Hall–Kier alpha value is -0.900. The number of pyridine rings is 1. The van der Waals surface area contributed by atoms with Crippen molar-refractivity contribution in [1.82, 2.24) is 4.98 Å². The molecular weight excluding hydrogens is 218 g/mol. The molecule has 0 saturated carbocycles. The maximum absolute atomic E-state index is 4.59. The summed E-state index contributed by atoms with van der Waals surface area (Å²) < 4.78 is 0. The summed E-state index contributed by atoms with van der Waals surface area (Å²) in [6, 6.07) is 6.17. The second kappa shape index (κ2) is 5.43. The number of anilines is 2. The van der Waals surface area contributed by atoms with Crippen LogP contribution in [-0.4, -0.2) is 36.1 Å². The Labute approximate surface area is 102 Å². The van der Waals surface area contributed by atoms with Gasteiger partial charge in [-0.1, -0.05) is 13.0 Å². The predicted octanol–water partition coefficient (Wildman–Crippen LogP) is 2.46. The van der Waals surface area contributed by atoms with Gasteiger partial charge in [-0.2, -0.15) is 11.8 Å². The van der Waals surface area contributed by atoms with Crippen molar-refractivity contribution >= 4 is 23.4 Å². The van der Waals surface area contributed by atoms with E-state index in [4.69, 9.17) is 0 Å². The van der Waals surface area contributed by atoms with E-state index in [1.54, 1.807) is 0 Å². The molecule has 0 bridgehead atoms. The molecule has 0 spiro atoms. The molecule has 1 saturated heterocycles. The summed E-state index contributed by atoms with van der Waals surface area (Å²) in [5.74, 6) is 3.26. The molecular formula is C12H19N3S. The Morgan fingerprint density at radius 2 is 2.44 bits per heavy atom. The van der Waals surface area contributed by atoms with E-state index in [1.165, 1.54) is 12.2 Å². The Balaban J connectivity index is 2.10. The smallest absolute Gasteiger partial charge is 0.131 e. The molecule has 16 heavy (non-hydrogen) atoms. The van der Waals surface area contributed by atoms with E-state index in [-0.39, 0.29) is 0 Å². The van der Waals surface area contributed by atoms with Gasteiger partial charge in [0.2, 0.25) is 0 Å². The van der Waals surface area contributed by atoms with Crippen LogP contribution in [0.2, 0.25) is 0 Å². The Bertz CT molecular complexity index is 343. The van der Waals surface area contributed by atoms with Gasteiger partial charge in [-0.3, -0.25) is 0 Å². The number of nitrogens with one attached hydrogen (secondary N) is 1. The average molecular weight is 237 g/mol. The zero-order chi connectivity index (χ0) is 11.4. The van der Waals surface area contributed by atoms with Gasteiger partial charge < -0.3 is 10.2 Å². The molecule has 0 aromatic carbocycles. The van der Waals surface area contributed by atoms with Crippen LogP contribution in [0.4, 0.5) is 11.6 Å². The van der Waals surface area contributed by atoms with E-state index in [2.05, 4.69) is 46.0 Å². The monoisotopic (exact) mass is 237 g/mol. The van der Waals surface area contributed by atoms with Gasteiger partial charge in [0.25, 0.3) is 0 Å². The number of nitrogens with zero attached hydrogens (tertiary/aromatic N) is 2. The third-order valence-corrected chi connectivity index (χ3v) is 4.28. The van der Waals surface area contributed by atoms with Crippen LogP contribution in [0.5, 0.6) is 0 Å². The zero-order valence-corrected chi connectivity index (χ0v) is 10.8. The zero-order valence-electron chi connectivity index (χ0n) is 9.94. The Morgan fingerprint density at radius 3 is 3.19 bits per heavy atom. The van der Waals surface area contributed by atoms with Crippen LogP contribution in [0.3, 0.4) is 0 Å². The lowest BCUT2D eigenvalue weighted by Gasteiger charge is -2.32. The fourth-order valence-corrected chi connectivity index (χ4v) is 3.09. The van der Waals surface area contributed by atoms with E-state index < -0.39 is 0 Å². The van der Waals surface area contributed by atoms with Crippen molar-refractivity contribution in [2.45, 2.75) is 18.6 Å². The minimum Gasteiger partial charge on any atom is -0.373 e. The molecule has 2 heterocycles. The van der Waals surface area contributed by atoms with Gasteiger partial charge in [0.15, 0.2) is 0 Å². The second-order valence-corrected chi connectivity index (χ2v) is 5.39. The maximum atomic E-state index is 4.59. The standard InChI is InChI=1S/C12H19N3S/c1-3-10-9-15(7-8-16-10)12-6-4-5-11(13-2)14-12/h4-6,10H,3,7-9H2,1-2H3,(H,13,14). The second-order valence-electron chi connectivity index (χ2n) is 3.98. The molecule has 1 unspecified atom stereocenters. The molecule has 88 valence electrons. The Morgan fingerprint density at radius 1 is 1.56 bits per heavy atom. The largest absolute Gasteiger partial charge is 0.373 e. The summed E-state index contributed by atoms with van der Waals surface area (Å²) in [7, 11) is 1.91. The third-order valence-electron chi connectivity index (χ3n) is 2.91. The highest BCUT2D eigenvalue weighted by Crippen LogP contribution is 2.25. The van der Waals surface area contributed by atoms with Crippen molar-refractivity contribution in [2.24, 2.45) is 0 Å². The van der Waals surface area contributed by atoms with Gasteiger partial charge in [-0.15, -0.1) is 0 Å². The molecule has 2 rings (SSSR count). The SMILES string of the molecule is CCC1CN(c2cccc(NC)n2)CCS1. The lowest BCUT2D eigenvalue weighted by atomic mass is 10.3. The molecule has 1 atom stereocenters. The lowest BCUT2D eigenvalue weighted by molar-refractivity contribution is 0.720. The van der Waals surface area contributed by atoms with E-state index in [0.717, 1.165) is 30.0 Å².